The van der Waals surface area contributed by atoms with Crippen LogP contribution < -0.4 is 10.1 Å². The van der Waals surface area contributed by atoms with Crippen LogP contribution in [0.5, 0.6) is 11.5 Å². The molecule has 0 aliphatic heterocycles. The van der Waals surface area contributed by atoms with Crippen LogP contribution in [0.4, 0.5) is 10.9 Å². The molecule has 0 bridgehead atoms. The van der Waals surface area contributed by atoms with Gasteiger partial charge < -0.3 is 10.1 Å². The third-order valence-corrected chi connectivity index (χ3v) is 5.30. The number of hydrogen-bond donors (Lipinski definition) is 1. The van der Waals surface area contributed by atoms with Crippen LogP contribution in [0.25, 0.3) is 0 Å². The van der Waals surface area contributed by atoms with E-state index in [2.05, 4.69) is 30.8 Å². The number of para-hydroxylation sites is 1. The number of benzene rings is 1. The fourth-order valence-corrected chi connectivity index (χ4v) is 3.61. The number of aromatic nitrogens is 6. The number of aryl methyl sites for hydroxylation is 2. The van der Waals surface area contributed by atoms with Gasteiger partial charge >= 0.3 is 0 Å². The van der Waals surface area contributed by atoms with E-state index in [-0.39, 0.29) is 24.8 Å². The van der Waals surface area contributed by atoms with Gasteiger partial charge in [0.15, 0.2) is 16.7 Å². The molecule has 152 valence electrons. The zero-order chi connectivity index (χ0) is 18.6. The van der Waals surface area contributed by atoms with Gasteiger partial charge in [0.05, 0.1) is 5.69 Å². The van der Waals surface area contributed by atoms with Crippen molar-refractivity contribution in [3.8, 4) is 11.5 Å². The zero-order valence-corrected chi connectivity index (χ0v) is 18.6. The Labute approximate surface area is 187 Å². The normalized spacial score (nSPS) is 10.0. The molecule has 0 saturated heterocycles. The molecule has 0 unspecified atom stereocenters. The minimum Gasteiger partial charge on any atom is -0.453 e. The van der Waals surface area contributed by atoms with Gasteiger partial charge in [0.25, 0.3) is 0 Å². The Morgan fingerprint density at radius 3 is 2.62 bits per heavy atom. The van der Waals surface area contributed by atoms with Crippen molar-refractivity contribution in [1.29, 1.82) is 0 Å². The predicted octanol–water partition coefficient (Wildman–Crippen LogP) is 4.90. The van der Waals surface area contributed by atoms with Crippen molar-refractivity contribution in [2.75, 3.05) is 5.32 Å². The summed E-state index contributed by atoms with van der Waals surface area (Å²) in [5.74, 6) is 1.91. The number of pyridine rings is 1. The fourth-order valence-electron chi connectivity index (χ4n) is 2.20. The van der Waals surface area contributed by atoms with E-state index >= 15 is 0 Å². The monoisotopic (exact) mass is 469 g/mol. The molecule has 0 aliphatic carbocycles. The topological polar surface area (TPSA) is 90.6 Å². The number of rotatable bonds is 6. The highest BCUT2D eigenvalue weighted by atomic mass is 35.5. The maximum atomic E-state index is 6.06. The molecule has 3 heterocycles. The van der Waals surface area contributed by atoms with Crippen LogP contribution in [0.3, 0.4) is 0 Å². The van der Waals surface area contributed by atoms with Crippen LogP contribution in [-0.2, 0) is 7.05 Å². The highest BCUT2D eigenvalue weighted by Gasteiger charge is 2.13. The van der Waals surface area contributed by atoms with Crippen molar-refractivity contribution in [3.05, 3.63) is 53.7 Å². The average molecular weight is 470 g/mol. The third-order valence-electron chi connectivity index (χ3n) is 3.43. The summed E-state index contributed by atoms with van der Waals surface area (Å²) in [5, 5.41) is 18.1. The quantitative estimate of drug-likeness (QED) is 0.426. The molecule has 0 saturated carbocycles. The Morgan fingerprint density at radius 1 is 1.17 bits per heavy atom. The van der Waals surface area contributed by atoms with Crippen molar-refractivity contribution in [2.45, 2.75) is 17.0 Å². The number of hydrogen-bond acceptors (Lipinski definition) is 9. The summed E-state index contributed by atoms with van der Waals surface area (Å²) in [6, 6.07) is 11.5. The first-order valence-corrected chi connectivity index (χ1v) is 9.69. The summed E-state index contributed by atoms with van der Waals surface area (Å²) < 4.78 is 7.66. The maximum Gasteiger partial charge on any atom is 0.213 e. The number of nitrogens with zero attached hydrogens (tertiary/aromatic N) is 6. The number of anilines is 2. The molecule has 8 nitrogen and oxygen atoms in total. The molecular formula is C17H17Cl2N7OS2. The number of halogens is 2. The zero-order valence-electron chi connectivity index (χ0n) is 15.3. The molecule has 12 heteroatoms. The minimum absolute atomic E-state index is 0. The smallest absolute Gasteiger partial charge is 0.213 e. The van der Waals surface area contributed by atoms with Crippen LogP contribution in [0, 0.1) is 6.92 Å². The van der Waals surface area contributed by atoms with E-state index < -0.39 is 0 Å². The van der Waals surface area contributed by atoms with Gasteiger partial charge in [0.1, 0.15) is 5.75 Å². The molecular weight excluding hydrogens is 453 g/mol. The highest BCUT2D eigenvalue weighted by molar-refractivity contribution is 7.99. The number of nitrogens with one attached hydrogen (secondary N) is 1. The van der Waals surface area contributed by atoms with Gasteiger partial charge in [-0.25, -0.2) is 14.6 Å². The van der Waals surface area contributed by atoms with Gasteiger partial charge in [-0.2, -0.15) is 0 Å². The average Bonchev–Trinajstić information content (AvgIpc) is 3.26. The van der Waals surface area contributed by atoms with Crippen LogP contribution >= 0.6 is 47.9 Å². The van der Waals surface area contributed by atoms with E-state index in [4.69, 9.17) is 4.74 Å². The van der Waals surface area contributed by atoms with Gasteiger partial charge in [-0.1, -0.05) is 18.2 Å². The second kappa shape index (κ2) is 10.4. The summed E-state index contributed by atoms with van der Waals surface area (Å²) in [5.41, 5.74) is 0.954. The van der Waals surface area contributed by atoms with E-state index in [0.29, 0.717) is 16.7 Å². The highest BCUT2D eigenvalue weighted by Crippen LogP contribution is 2.35. The van der Waals surface area contributed by atoms with E-state index in [9.17, 15) is 0 Å². The first-order chi connectivity index (χ1) is 13.2. The van der Waals surface area contributed by atoms with E-state index in [1.165, 1.54) is 23.1 Å². The lowest BCUT2D eigenvalue weighted by atomic mass is 10.3. The van der Waals surface area contributed by atoms with Gasteiger partial charge in [0.2, 0.25) is 5.16 Å². The minimum atomic E-state index is 0. The fraction of sp³-hybridized carbons (Fsp3) is 0.118. The lowest BCUT2D eigenvalue weighted by Gasteiger charge is -2.12. The van der Waals surface area contributed by atoms with Crippen LogP contribution in [0.15, 0.2) is 58.0 Å². The molecule has 0 fully saturated rings. The molecule has 3 aromatic heterocycles. The van der Waals surface area contributed by atoms with Gasteiger partial charge in [-0.3, -0.25) is 0 Å². The summed E-state index contributed by atoms with van der Waals surface area (Å²) in [4.78, 5) is 9.81. The standard InChI is InChI=1S/C17H15N7OS2.2ClH/c1-11-10-26-16(19-11)20-15-14(25-12-6-4-3-5-7-12)8-13(9-18-15)27-17-21-22-23-24(17)2;;/h3-10H,1-2H3,(H,18,19,20);2*1H. The van der Waals surface area contributed by atoms with Crippen molar-refractivity contribution in [1.82, 2.24) is 30.2 Å². The third kappa shape index (κ3) is 5.80. The Morgan fingerprint density at radius 2 is 1.97 bits per heavy atom. The van der Waals surface area contributed by atoms with E-state index in [1.807, 2.05) is 48.7 Å². The number of ether oxygens (including phenoxy) is 1. The SMILES string of the molecule is Cc1csc(Nc2ncc(Sc3nnnn3C)cc2Oc2ccccc2)n1.Cl.Cl. The Balaban J connectivity index is 0.00000150. The second-order valence-electron chi connectivity index (χ2n) is 5.54. The Hall–Kier alpha value is -2.40. The number of thiazole rings is 1. The first-order valence-electron chi connectivity index (χ1n) is 8.00. The van der Waals surface area contributed by atoms with E-state index in [0.717, 1.165) is 21.5 Å². The van der Waals surface area contributed by atoms with Crippen LogP contribution in [0.1, 0.15) is 5.69 Å². The molecule has 0 radical (unpaired) electrons. The predicted molar refractivity (Wildman–Crippen MR) is 118 cm³/mol. The van der Waals surface area contributed by atoms with E-state index in [1.54, 1.807) is 17.9 Å². The summed E-state index contributed by atoms with van der Waals surface area (Å²) >= 11 is 2.92. The Kier molecular flexibility index (Phi) is 8.21. The molecule has 1 N–H and O–H groups in total. The van der Waals surface area contributed by atoms with Crippen LogP contribution in [-0.4, -0.2) is 30.2 Å². The molecule has 0 amide bonds. The maximum absolute atomic E-state index is 6.06. The molecule has 4 rings (SSSR count). The lowest BCUT2D eigenvalue weighted by Crippen LogP contribution is -1.98. The first kappa shape index (κ1) is 22.9. The summed E-state index contributed by atoms with van der Waals surface area (Å²) in [6.07, 6.45) is 1.75. The summed E-state index contributed by atoms with van der Waals surface area (Å²) in [7, 11) is 1.79. The molecule has 0 atom stereocenters. The molecule has 4 aromatic rings. The summed E-state index contributed by atoms with van der Waals surface area (Å²) in [6.45, 7) is 1.95. The molecule has 0 spiro atoms. The van der Waals surface area contributed by atoms with Crippen molar-refractivity contribution in [3.63, 3.8) is 0 Å². The number of tetrazole rings is 1. The van der Waals surface area contributed by atoms with Crippen molar-refractivity contribution < 1.29 is 4.74 Å². The largest absolute Gasteiger partial charge is 0.453 e. The van der Waals surface area contributed by atoms with Crippen molar-refractivity contribution in [2.24, 2.45) is 7.05 Å². The van der Waals surface area contributed by atoms with Gasteiger partial charge in [-0.15, -0.1) is 41.2 Å². The second-order valence-corrected chi connectivity index (χ2v) is 7.44. The molecule has 29 heavy (non-hydrogen) atoms. The lowest BCUT2D eigenvalue weighted by molar-refractivity contribution is 0.481. The molecule has 0 aliphatic rings. The van der Waals surface area contributed by atoms with Crippen LogP contribution in [0.2, 0.25) is 0 Å². The van der Waals surface area contributed by atoms with Gasteiger partial charge in [0, 0.05) is 29.6 Å². The van der Waals surface area contributed by atoms with Crippen molar-refractivity contribution >= 4 is 58.9 Å². The van der Waals surface area contributed by atoms with Gasteiger partial charge in [-0.05, 0) is 41.2 Å². The Bertz CT molecular complexity index is 1060. The molecule has 1 aromatic carbocycles.